The lowest BCUT2D eigenvalue weighted by Crippen LogP contribution is -2.42. The first-order valence-electron chi connectivity index (χ1n) is 7.59. The van der Waals surface area contributed by atoms with Crippen LogP contribution in [0.5, 0.6) is 0 Å². The molecule has 0 aliphatic carbocycles. The van der Waals surface area contributed by atoms with Crippen molar-refractivity contribution in [3.05, 3.63) is 65.2 Å². The summed E-state index contributed by atoms with van der Waals surface area (Å²) in [6.45, 7) is 0. The van der Waals surface area contributed by atoms with E-state index < -0.39 is 21.7 Å². The Morgan fingerprint density at radius 1 is 0.962 bits per heavy atom. The molecule has 0 aliphatic rings. The molecule has 0 bridgehead atoms. The number of rotatable bonds is 7. The average Bonchev–Trinajstić information content (AvgIpc) is 2.64. The van der Waals surface area contributed by atoms with E-state index in [0.717, 1.165) is 0 Å². The first-order chi connectivity index (χ1) is 12.4. The highest BCUT2D eigenvalue weighted by Crippen LogP contribution is 2.12. The zero-order valence-electron chi connectivity index (χ0n) is 13.6. The van der Waals surface area contributed by atoms with Crippen molar-refractivity contribution in [1.82, 2.24) is 10.9 Å². The van der Waals surface area contributed by atoms with Crippen LogP contribution in [0.15, 0.2) is 59.5 Å². The Morgan fingerprint density at radius 2 is 1.62 bits per heavy atom. The summed E-state index contributed by atoms with van der Waals surface area (Å²) >= 11 is 6.91. The average molecular weight is 413 g/mol. The van der Waals surface area contributed by atoms with Gasteiger partial charge in [-0.05, 0) is 36.4 Å². The molecule has 0 unspecified atom stereocenters. The summed E-state index contributed by atoms with van der Waals surface area (Å²) < 4.78 is 24.2. The molecule has 138 valence electrons. The maximum atomic E-state index is 12.1. The van der Waals surface area contributed by atoms with Crippen LogP contribution in [0, 0.1) is 0 Å². The minimum atomic E-state index is -3.36. The summed E-state index contributed by atoms with van der Waals surface area (Å²) in [7, 11) is -3.36. The first-order valence-corrected chi connectivity index (χ1v) is 10.8. The van der Waals surface area contributed by atoms with Crippen LogP contribution in [-0.2, 0) is 14.6 Å². The van der Waals surface area contributed by atoms with Crippen LogP contribution in [0.2, 0.25) is 5.02 Å². The van der Waals surface area contributed by atoms with Gasteiger partial charge in [-0.25, -0.2) is 8.42 Å². The molecule has 9 heteroatoms. The van der Waals surface area contributed by atoms with Crippen molar-refractivity contribution < 1.29 is 18.0 Å². The lowest BCUT2D eigenvalue weighted by Gasteiger charge is -2.08. The van der Waals surface area contributed by atoms with Crippen molar-refractivity contribution in [1.29, 1.82) is 0 Å². The summed E-state index contributed by atoms with van der Waals surface area (Å²) in [5.74, 6) is -0.645. The number of sulfone groups is 1. The molecule has 26 heavy (non-hydrogen) atoms. The molecule has 0 radical (unpaired) electrons. The standard InChI is InChI=1S/C17H17ClN2O4S2/c18-14-8-6-13(7-9-14)17(22)20-19-16(21)12-25-10-11-26(23,24)15-4-2-1-3-5-15/h1-9H,10-12H2,(H,19,21)(H,20,22). The van der Waals surface area contributed by atoms with E-state index in [-0.39, 0.29) is 22.2 Å². The Morgan fingerprint density at radius 3 is 2.27 bits per heavy atom. The molecule has 2 aromatic rings. The van der Waals surface area contributed by atoms with Gasteiger partial charge in [-0.3, -0.25) is 20.4 Å². The van der Waals surface area contributed by atoms with Gasteiger partial charge in [-0.15, -0.1) is 0 Å². The third-order valence-corrected chi connectivity index (χ3v) is 6.46. The minimum absolute atomic E-state index is 0.0329. The number of hydrogen-bond donors (Lipinski definition) is 2. The Kier molecular flexibility index (Phi) is 7.50. The Labute approximate surface area is 161 Å². The second-order valence-corrected chi connectivity index (χ2v) is 8.84. The van der Waals surface area contributed by atoms with E-state index >= 15 is 0 Å². The summed E-state index contributed by atoms with van der Waals surface area (Å²) in [4.78, 5) is 23.8. The highest BCUT2D eigenvalue weighted by atomic mass is 35.5. The molecule has 6 nitrogen and oxygen atoms in total. The highest BCUT2D eigenvalue weighted by Gasteiger charge is 2.14. The van der Waals surface area contributed by atoms with Gasteiger partial charge in [0.2, 0.25) is 5.91 Å². The summed E-state index contributed by atoms with van der Waals surface area (Å²) in [5, 5.41) is 0.507. The van der Waals surface area contributed by atoms with E-state index in [1.54, 1.807) is 42.5 Å². The van der Waals surface area contributed by atoms with Gasteiger partial charge < -0.3 is 0 Å². The summed E-state index contributed by atoms with van der Waals surface area (Å²) in [6.07, 6.45) is 0. The Hall–Kier alpha value is -2.03. The molecule has 2 aromatic carbocycles. The van der Waals surface area contributed by atoms with Gasteiger partial charge in [0, 0.05) is 16.3 Å². The molecule has 0 aliphatic heterocycles. The van der Waals surface area contributed by atoms with Crippen LogP contribution < -0.4 is 10.9 Å². The van der Waals surface area contributed by atoms with E-state index in [4.69, 9.17) is 11.6 Å². The first kappa shape index (κ1) is 20.3. The van der Waals surface area contributed by atoms with E-state index in [9.17, 15) is 18.0 Å². The minimum Gasteiger partial charge on any atom is -0.272 e. The number of carbonyl (C=O) groups excluding carboxylic acids is 2. The fourth-order valence-electron chi connectivity index (χ4n) is 1.92. The molecule has 0 saturated carbocycles. The number of amides is 2. The van der Waals surface area contributed by atoms with Gasteiger partial charge in [0.25, 0.3) is 5.91 Å². The maximum Gasteiger partial charge on any atom is 0.269 e. The Balaban J connectivity index is 1.69. The monoisotopic (exact) mass is 412 g/mol. The highest BCUT2D eigenvalue weighted by molar-refractivity contribution is 8.01. The zero-order valence-corrected chi connectivity index (χ0v) is 16.0. The smallest absolute Gasteiger partial charge is 0.269 e. The number of thioether (sulfide) groups is 1. The van der Waals surface area contributed by atoms with Crippen molar-refractivity contribution in [3.8, 4) is 0 Å². The molecule has 0 atom stereocenters. The van der Waals surface area contributed by atoms with Crippen molar-refractivity contribution in [2.24, 2.45) is 0 Å². The largest absolute Gasteiger partial charge is 0.272 e. The van der Waals surface area contributed by atoms with Crippen LogP contribution in [0.3, 0.4) is 0 Å². The molecule has 0 heterocycles. The molecule has 0 fully saturated rings. The van der Waals surface area contributed by atoms with Gasteiger partial charge in [-0.1, -0.05) is 29.8 Å². The number of benzene rings is 2. The number of halogens is 1. The number of nitrogens with one attached hydrogen (secondary N) is 2. The summed E-state index contributed by atoms with van der Waals surface area (Å²) in [5.41, 5.74) is 4.93. The number of hydrazine groups is 1. The fraction of sp³-hybridized carbons (Fsp3) is 0.176. The van der Waals surface area contributed by atoms with Crippen LogP contribution in [-0.4, -0.2) is 37.5 Å². The second kappa shape index (κ2) is 9.61. The predicted molar refractivity (Wildman–Crippen MR) is 103 cm³/mol. The molecular formula is C17H17ClN2O4S2. The number of hydrogen-bond acceptors (Lipinski definition) is 5. The van der Waals surface area contributed by atoms with Crippen molar-refractivity contribution >= 4 is 45.0 Å². The van der Waals surface area contributed by atoms with Crippen molar-refractivity contribution in [3.63, 3.8) is 0 Å². The molecule has 2 N–H and O–H groups in total. The lowest BCUT2D eigenvalue weighted by atomic mass is 10.2. The summed E-state index contributed by atoms with van der Waals surface area (Å²) in [6, 6.07) is 14.4. The topological polar surface area (TPSA) is 92.3 Å². The van der Waals surface area contributed by atoms with Crippen molar-refractivity contribution in [2.75, 3.05) is 17.3 Å². The van der Waals surface area contributed by atoms with E-state index in [1.807, 2.05) is 0 Å². The van der Waals surface area contributed by atoms with Crippen LogP contribution >= 0.6 is 23.4 Å². The molecular weight excluding hydrogens is 396 g/mol. The van der Waals surface area contributed by atoms with Crippen LogP contribution in [0.4, 0.5) is 0 Å². The third kappa shape index (κ3) is 6.36. The maximum absolute atomic E-state index is 12.1. The van der Waals surface area contributed by atoms with Gasteiger partial charge in [0.15, 0.2) is 9.84 Å². The Bertz CT molecular complexity index is 856. The molecule has 0 spiro atoms. The van der Waals surface area contributed by atoms with Gasteiger partial charge in [0.05, 0.1) is 16.4 Å². The molecule has 0 aromatic heterocycles. The zero-order chi connectivity index (χ0) is 19.0. The predicted octanol–water partition coefficient (Wildman–Crippen LogP) is 2.31. The van der Waals surface area contributed by atoms with Crippen LogP contribution in [0.25, 0.3) is 0 Å². The van der Waals surface area contributed by atoms with Gasteiger partial charge in [-0.2, -0.15) is 11.8 Å². The van der Waals surface area contributed by atoms with Gasteiger partial charge >= 0.3 is 0 Å². The molecule has 2 rings (SSSR count). The number of carbonyl (C=O) groups is 2. The lowest BCUT2D eigenvalue weighted by molar-refractivity contribution is -0.119. The van der Waals surface area contributed by atoms with E-state index in [0.29, 0.717) is 10.6 Å². The molecule has 0 saturated heterocycles. The second-order valence-electron chi connectivity index (χ2n) is 5.19. The normalized spacial score (nSPS) is 11.0. The third-order valence-electron chi connectivity index (χ3n) is 3.25. The molecule has 2 amide bonds. The van der Waals surface area contributed by atoms with E-state index in [2.05, 4.69) is 10.9 Å². The van der Waals surface area contributed by atoms with Gasteiger partial charge in [0.1, 0.15) is 0 Å². The fourth-order valence-corrected chi connectivity index (χ4v) is 4.60. The van der Waals surface area contributed by atoms with Crippen molar-refractivity contribution in [2.45, 2.75) is 4.90 Å². The van der Waals surface area contributed by atoms with E-state index in [1.165, 1.54) is 23.9 Å². The quantitative estimate of drug-likeness (QED) is 0.537. The SMILES string of the molecule is O=C(CSCCS(=O)(=O)c1ccccc1)NNC(=O)c1ccc(Cl)cc1. The van der Waals surface area contributed by atoms with Crippen LogP contribution in [0.1, 0.15) is 10.4 Å².